The summed E-state index contributed by atoms with van der Waals surface area (Å²) in [5.74, 6) is -0.455. The van der Waals surface area contributed by atoms with Gasteiger partial charge in [0, 0.05) is 18.7 Å². The third-order valence-electron chi connectivity index (χ3n) is 4.21. The first kappa shape index (κ1) is 20.8. The van der Waals surface area contributed by atoms with Crippen molar-refractivity contribution in [2.45, 2.75) is 31.3 Å². The molecule has 0 saturated heterocycles. The van der Waals surface area contributed by atoms with Crippen LogP contribution in [-0.2, 0) is 26.2 Å². The van der Waals surface area contributed by atoms with Crippen LogP contribution in [0.4, 0.5) is 5.69 Å². The SMILES string of the molecule is CC(C)NS(=O)(=O)c1ccc2c(c1)OCC(=O)N2CC(=O)NCc1ccccc1. The van der Waals surface area contributed by atoms with Crippen LogP contribution in [0.2, 0.25) is 0 Å². The van der Waals surface area contributed by atoms with Crippen LogP contribution in [-0.4, -0.2) is 39.4 Å². The van der Waals surface area contributed by atoms with Gasteiger partial charge in [-0.3, -0.25) is 14.5 Å². The molecule has 0 saturated carbocycles. The van der Waals surface area contributed by atoms with E-state index in [-0.39, 0.29) is 41.7 Å². The molecule has 29 heavy (non-hydrogen) atoms. The Kier molecular flexibility index (Phi) is 6.19. The zero-order valence-electron chi connectivity index (χ0n) is 16.2. The Balaban J connectivity index is 1.74. The van der Waals surface area contributed by atoms with Crippen molar-refractivity contribution < 1.29 is 22.7 Å². The maximum atomic E-state index is 12.4. The topological polar surface area (TPSA) is 105 Å². The number of hydrogen-bond donors (Lipinski definition) is 2. The van der Waals surface area contributed by atoms with E-state index in [1.807, 2.05) is 30.3 Å². The van der Waals surface area contributed by atoms with E-state index in [4.69, 9.17) is 4.74 Å². The van der Waals surface area contributed by atoms with Gasteiger partial charge in [-0.2, -0.15) is 0 Å². The van der Waals surface area contributed by atoms with Crippen molar-refractivity contribution in [1.82, 2.24) is 10.0 Å². The lowest BCUT2D eigenvalue weighted by Gasteiger charge is -2.29. The van der Waals surface area contributed by atoms with Crippen LogP contribution in [0.15, 0.2) is 53.4 Å². The lowest BCUT2D eigenvalue weighted by Crippen LogP contribution is -2.45. The molecule has 0 atom stereocenters. The molecule has 0 spiro atoms. The Morgan fingerprint density at radius 2 is 1.90 bits per heavy atom. The van der Waals surface area contributed by atoms with Gasteiger partial charge in [-0.15, -0.1) is 0 Å². The highest BCUT2D eigenvalue weighted by atomic mass is 32.2. The number of benzene rings is 2. The average molecular weight is 417 g/mol. The van der Waals surface area contributed by atoms with Crippen molar-refractivity contribution in [2.24, 2.45) is 0 Å². The monoisotopic (exact) mass is 417 g/mol. The first-order valence-corrected chi connectivity index (χ1v) is 10.6. The lowest BCUT2D eigenvalue weighted by molar-refractivity contribution is -0.125. The molecule has 0 unspecified atom stereocenters. The normalized spacial score (nSPS) is 13.8. The van der Waals surface area contributed by atoms with Crippen LogP contribution in [0.1, 0.15) is 19.4 Å². The van der Waals surface area contributed by atoms with E-state index < -0.39 is 10.0 Å². The summed E-state index contributed by atoms with van der Waals surface area (Å²) in [6.07, 6.45) is 0. The van der Waals surface area contributed by atoms with Crippen molar-refractivity contribution in [3.63, 3.8) is 0 Å². The molecular weight excluding hydrogens is 394 g/mol. The summed E-state index contributed by atoms with van der Waals surface area (Å²) >= 11 is 0. The molecule has 3 rings (SSSR count). The van der Waals surface area contributed by atoms with Crippen LogP contribution < -0.4 is 19.7 Å². The summed E-state index contributed by atoms with van der Waals surface area (Å²) in [5, 5.41) is 2.78. The average Bonchev–Trinajstić information content (AvgIpc) is 2.68. The van der Waals surface area contributed by atoms with E-state index in [0.29, 0.717) is 12.2 Å². The molecule has 0 aliphatic carbocycles. The van der Waals surface area contributed by atoms with E-state index in [0.717, 1.165) is 5.56 Å². The maximum Gasteiger partial charge on any atom is 0.265 e. The Hall–Kier alpha value is -2.91. The maximum absolute atomic E-state index is 12.4. The highest BCUT2D eigenvalue weighted by molar-refractivity contribution is 7.89. The van der Waals surface area contributed by atoms with Crippen LogP contribution in [0.5, 0.6) is 5.75 Å². The van der Waals surface area contributed by atoms with Gasteiger partial charge >= 0.3 is 0 Å². The summed E-state index contributed by atoms with van der Waals surface area (Å²) < 4.78 is 32.6. The predicted octanol–water partition coefficient (Wildman–Crippen LogP) is 1.42. The summed E-state index contributed by atoms with van der Waals surface area (Å²) in [6, 6.07) is 13.4. The number of sulfonamides is 1. The number of fused-ring (bicyclic) bond motifs is 1. The standard InChI is InChI=1S/C20H23N3O5S/c1-14(2)22-29(26,27)16-8-9-17-18(10-16)28-13-20(25)23(17)12-19(24)21-11-15-6-4-3-5-7-15/h3-10,14,22H,11-13H2,1-2H3,(H,21,24). The smallest absolute Gasteiger partial charge is 0.265 e. The Morgan fingerprint density at radius 1 is 1.17 bits per heavy atom. The molecule has 0 radical (unpaired) electrons. The predicted molar refractivity (Wildman–Crippen MR) is 108 cm³/mol. The van der Waals surface area contributed by atoms with Crippen LogP contribution in [0.3, 0.4) is 0 Å². The molecule has 0 aromatic heterocycles. The summed E-state index contributed by atoms with van der Waals surface area (Å²) in [5.41, 5.74) is 1.31. The number of nitrogens with zero attached hydrogens (tertiary/aromatic N) is 1. The largest absolute Gasteiger partial charge is 0.482 e. The molecule has 1 aliphatic rings. The number of anilines is 1. The van der Waals surface area contributed by atoms with E-state index >= 15 is 0 Å². The van der Waals surface area contributed by atoms with Gasteiger partial charge in [-0.1, -0.05) is 30.3 Å². The highest BCUT2D eigenvalue weighted by Gasteiger charge is 2.29. The van der Waals surface area contributed by atoms with Gasteiger partial charge < -0.3 is 10.1 Å². The van der Waals surface area contributed by atoms with Crippen LogP contribution >= 0.6 is 0 Å². The third kappa shape index (κ3) is 5.12. The first-order chi connectivity index (χ1) is 13.8. The molecule has 154 valence electrons. The zero-order valence-corrected chi connectivity index (χ0v) is 17.0. The zero-order chi connectivity index (χ0) is 21.0. The summed E-state index contributed by atoms with van der Waals surface area (Å²) in [7, 11) is -3.70. The quantitative estimate of drug-likeness (QED) is 0.709. The van der Waals surface area contributed by atoms with Crippen molar-refractivity contribution in [2.75, 3.05) is 18.1 Å². The molecule has 2 amide bonds. The minimum Gasteiger partial charge on any atom is -0.482 e. The minimum absolute atomic E-state index is 0.0350. The number of carbonyl (C=O) groups excluding carboxylic acids is 2. The van der Waals surface area contributed by atoms with E-state index in [1.54, 1.807) is 13.8 Å². The molecule has 1 aliphatic heterocycles. The van der Waals surface area contributed by atoms with Gasteiger partial charge in [0.05, 0.1) is 10.6 Å². The van der Waals surface area contributed by atoms with Gasteiger partial charge in [0.2, 0.25) is 15.9 Å². The first-order valence-electron chi connectivity index (χ1n) is 9.16. The second-order valence-corrected chi connectivity index (χ2v) is 8.65. The highest BCUT2D eigenvalue weighted by Crippen LogP contribution is 2.34. The number of hydrogen-bond acceptors (Lipinski definition) is 5. The molecule has 0 fully saturated rings. The van der Waals surface area contributed by atoms with E-state index in [9.17, 15) is 18.0 Å². The minimum atomic E-state index is -3.70. The van der Waals surface area contributed by atoms with Crippen LogP contribution in [0.25, 0.3) is 0 Å². The van der Waals surface area contributed by atoms with Gasteiger partial charge in [0.1, 0.15) is 12.3 Å². The Morgan fingerprint density at radius 3 is 2.59 bits per heavy atom. The van der Waals surface area contributed by atoms with Gasteiger partial charge in [-0.25, -0.2) is 13.1 Å². The second-order valence-electron chi connectivity index (χ2n) is 6.94. The fourth-order valence-electron chi connectivity index (χ4n) is 2.90. The van der Waals surface area contributed by atoms with Crippen molar-refractivity contribution in [3.05, 3.63) is 54.1 Å². The van der Waals surface area contributed by atoms with E-state index in [2.05, 4.69) is 10.0 Å². The van der Waals surface area contributed by atoms with Gasteiger partial charge in [0.15, 0.2) is 6.61 Å². The number of nitrogens with one attached hydrogen (secondary N) is 2. The molecule has 1 heterocycles. The van der Waals surface area contributed by atoms with Crippen molar-refractivity contribution in [1.29, 1.82) is 0 Å². The van der Waals surface area contributed by atoms with Crippen molar-refractivity contribution in [3.8, 4) is 5.75 Å². The number of rotatable bonds is 7. The Bertz CT molecular complexity index is 1010. The molecule has 2 aromatic rings. The van der Waals surface area contributed by atoms with Gasteiger partial charge in [0.25, 0.3) is 5.91 Å². The summed E-state index contributed by atoms with van der Waals surface area (Å²) in [4.78, 5) is 26.0. The summed E-state index contributed by atoms with van der Waals surface area (Å²) in [6.45, 7) is 3.35. The molecule has 2 aromatic carbocycles. The lowest BCUT2D eigenvalue weighted by atomic mass is 10.2. The number of carbonyl (C=O) groups is 2. The third-order valence-corrected chi connectivity index (χ3v) is 5.87. The molecule has 8 nitrogen and oxygen atoms in total. The van der Waals surface area contributed by atoms with Crippen molar-refractivity contribution >= 4 is 27.5 Å². The fraction of sp³-hybridized carbons (Fsp3) is 0.300. The molecule has 2 N–H and O–H groups in total. The second kappa shape index (κ2) is 8.62. The van der Waals surface area contributed by atoms with Gasteiger partial charge in [-0.05, 0) is 31.5 Å². The van der Waals surface area contributed by atoms with E-state index in [1.165, 1.54) is 23.1 Å². The number of amides is 2. The Labute approximate surface area is 169 Å². The molecule has 9 heteroatoms. The molecule has 0 bridgehead atoms. The van der Waals surface area contributed by atoms with Crippen LogP contribution in [0, 0.1) is 0 Å². The number of ether oxygens (including phenoxy) is 1. The fourth-order valence-corrected chi connectivity index (χ4v) is 4.17. The molecular formula is C20H23N3O5S.